The fourth-order valence-electron chi connectivity index (χ4n) is 3.67. The van der Waals surface area contributed by atoms with E-state index in [0.717, 1.165) is 37.8 Å². The Bertz CT molecular complexity index is 892. The van der Waals surface area contributed by atoms with Crippen LogP contribution >= 0.6 is 12.4 Å². The molecule has 1 aliphatic rings. The second kappa shape index (κ2) is 9.92. The highest BCUT2D eigenvalue weighted by Gasteiger charge is 2.26. The smallest absolute Gasteiger partial charge is 0.127 e. The lowest BCUT2D eigenvalue weighted by molar-refractivity contribution is 0.144. The molecule has 3 aromatic rings. The third kappa shape index (κ3) is 5.38. The van der Waals surface area contributed by atoms with Crippen LogP contribution in [0.5, 0.6) is 5.75 Å². The predicted octanol–water partition coefficient (Wildman–Crippen LogP) is 3.88. The van der Waals surface area contributed by atoms with Gasteiger partial charge in [-0.25, -0.2) is 4.98 Å². The molecule has 2 heterocycles. The molecule has 2 aromatic carbocycles. The molecule has 0 spiro atoms. The highest BCUT2D eigenvalue weighted by atomic mass is 35.5. The number of nitrogens with one attached hydrogen (secondary N) is 1. The van der Waals surface area contributed by atoms with E-state index in [4.69, 9.17) is 4.74 Å². The summed E-state index contributed by atoms with van der Waals surface area (Å²) in [7, 11) is 2.06. The van der Waals surface area contributed by atoms with Gasteiger partial charge in [0.2, 0.25) is 0 Å². The number of hydrogen-bond donors (Lipinski definition) is 1. The molecule has 0 bridgehead atoms. The van der Waals surface area contributed by atoms with Gasteiger partial charge < -0.3 is 14.6 Å². The van der Waals surface area contributed by atoms with E-state index < -0.39 is 0 Å². The van der Waals surface area contributed by atoms with Crippen molar-refractivity contribution < 1.29 is 4.74 Å². The molecule has 0 radical (unpaired) electrons. The van der Waals surface area contributed by atoms with Crippen LogP contribution in [0.25, 0.3) is 0 Å². The Hall–Kier alpha value is -2.34. The fraction of sp³-hybridized carbons (Fsp3) is 0.348. The predicted molar refractivity (Wildman–Crippen MR) is 118 cm³/mol. The molecule has 0 aliphatic carbocycles. The van der Waals surface area contributed by atoms with Crippen LogP contribution in [0.15, 0.2) is 60.9 Å². The van der Waals surface area contributed by atoms with Gasteiger partial charge in [0.1, 0.15) is 18.2 Å². The van der Waals surface area contributed by atoms with Crippen molar-refractivity contribution in [3.63, 3.8) is 0 Å². The van der Waals surface area contributed by atoms with Crippen molar-refractivity contribution in [2.24, 2.45) is 7.05 Å². The maximum Gasteiger partial charge on any atom is 0.127 e. The van der Waals surface area contributed by atoms with Crippen LogP contribution in [-0.4, -0.2) is 34.1 Å². The van der Waals surface area contributed by atoms with E-state index in [1.165, 1.54) is 16.7 Å². The second-order valence-electron chi connectivity index (χ2n) is 7.50. The SMILES string of the molecule is Cc1ccc(COc2ccc(CN3CCNCC3c3nccn3C)cc2)cc1.Cl. The van der Waals surface area contributed by atoms with Crippen molar-refractivity contribution in [3.8, 4) is 5.75 Å². The number of ether oxygens (including phenoxy) is 1. The minimum atomic E-state index is 0. The summed E-state index contributed by atoms with van der Waals surface area (Å²) in [6.07, 6.45) is 3.89. The minimum Gasteiger partial charge on any atom is -0.489 e. The second-order valence-corrected chi connectivity index (χ2v) is 7.50. The Kier molecular flexibility index (Phi) is 7.31. The summed E-state index contributed by atoms with van der Waals surface area (Å²) < 4.78 is 8.05. The first-order valence-corrected chi connectivity index (χ1v) is 9.88. The maximum absolute atomic E-state index is 5.94. The topological polar surface area (TPSA) is 42.3 Å². The van der Waals surface area contributed by atoms with Crippen molar-refractivity contribution >= 4 is 12.4 Å². The minimum absolute atomic E-state index is 0. The average Bonchev–Trinajstić information content (AvgIpc) is 3.15. The van der Waals surface area contributed by atoms with Gasteiger partial charge in [-0.05, 0) is 30.2 Å². The van der Waals surface area contributed by atoms with E-state index in [9.17, 15) is 0 Å². The van der Waals surface area contributed by atoms with E-state index in [1.54, 1.807) is 0 Å². The Morgan fingerprint density at radius 2 is 1.79 bits per heavy atom. The molecular weight excluding hydrogens is 384 g/mol. The van der Waals surface area contributed by atoms with Gasteiger partial charge in [0.15, 0.2) is 0 Å². The van der Waals surface area contributed by atoms with Crippen molar-refractivity contribution in [1.29, 1.82) is 0 Å². The molecule has 1 atom stereocenters. The van der Waals surface area contributed by atoms with Gasteiger partial charge in [0, 0.05) is 45.6 Å². The standard InChI is InChI=1S/C23H28N4O.ClH/c1-18-3-5-20(6-4-18)17-28-21-9-7-19(8-10-21)16-27-14-11-24-15-22(27)23-25-12-13-26(23)2;/h3-10,12-13,22,24H,11,14-17H2,1-2H3;1H. The number of imidazole rings is 1. The first kappa shape index (κ1) is 21.4. The van der Waals surface area contributed by atoms with Crippen molar-refractivity contribution in [2.45, 2.75) is 26.1 Å². The van der Waals surface area contributed by atoms with E-state index in [1.807, 2.05) is 12.4 Å². The van der Waals surface area contributed by atoms with Gasteiger partial charge in [0.05, 0.1) is 6.04 Å². The zero-order chi connectivity index (χ0) is 19.3. The van der Waals surface area contributed by atoms with Crippen LogP contribution in [0.3, 0.4) is 0 Å². The quantitative estimate of drug-likeness (QED) is 0.667. The number of benzene rings is 2. The van der Waals surface area contributed by atoms with Gasteiger partial charge in [0.25, 0.3) is 0 Å². The van der Waals surface area contributed by atoms with E-state index >= 15 is 0 Å². The molecule has 29 heavy (non-hydrogen) atoms. The van der Waals surface area contributed by atoms with Crippen molar-refractivity contribution in [2.75, 3.05) is 19.6 Å². The van der Waals surface area contributed by atoms with Crippen molar-refractivity contribution in [1.82, 2.24) is 19.8 Å². The Balaban J connectivity index is 0.00000240. The number of halogens is 1. The zero-order valence-electron chi connectivity index (χ0n) is 17.0. The van der Waals surface area contributed by atoms with Crippen LogP contribution in [0, 0.1) is 6.92 Å². The van der Waals surface area contributed by atoms with E-state index in [2.05, 4.69) is 82.3 Å². The molecule has 6 heteroatoms. The highest BCUT2D eigenvalue weighted by Crippen LogP contribution is 2.23. The number of nitrogens with zero attached hydrogens (tertiary/aromatic N) is 3. The molecule has 154 valence electrons. The summed E-state index contributed by atoms with van der Waals surface area (Å²) in [5, 5.41) is 3.50. The fourth-order valence-corrected chi connectivity index (χ4v) is 3.67. The lowest BCUT2D eigenvalue weighted by Crippen LogP contribution is -2.46. The zero-order valence-corrected chi connectivity index (χ0v) is 17.9. The molecule has 1 N–H and O–H groups in total. The number of hydrogen-bond acceptors (Lipinski definition) is 4. The van der Waals surface area contributed by atoms with E-state index in [-0.39, 0.29) is 12.4 Å². The molecule has 5 nitrogen and oxygen atoms in total. The van der Waals surface area contributed by atoms with Gasteiger partial charge in [-0.1, -0.05) is 42.0 Å². The number of rotatable bonds is 6. The lowest BCUT2D eigenvalue weighted by atomic mass is 10.1. The summed E-state index contributed by atoms with van der Waals surface area (Å²) >= 11 is 0. The van der Waals surface area contributed by atoms with Crippen LogP contribution in [-0.2, 0) is 20.2 Å². The number of aromatic nitrogens is 2. The maximum atomic E-state index is 5.94. The van der Waals surface area contributed by atoms with Gasteiger partial charge in [-0.2, -0.15) is 0 Å². The summed E-state index contributed by atoms with van der Waals surface area (Å²) in [6, 6.07) is 17.2. The molecule has 0 saturated carbocycles. The number of piperazine rings is 1. The molecular formula is C23H29ClN4O. The van der Waals surface area contributed by atoms with Gasteiger partial charge >= 0.3 is 0 Å². The number of aryl methyl sites for hydroxylation is 2. The van der Waals surface area contributed by atoms with Gasteiger partial charge in [-0.3, -0.25) is 4.90 Å². The summed E-state index contributed by atoms with van der Waals surface area (Å²) in [5.41, 5.74) is 3.75. The molecule has 1 aliphatic heterocycles. The Labute approximate surface area is 179 Å². The van der Waals surface area contributed by atoms with Crippen molar-refractivity contribution in [3.05, 3.63) is 83.4 Å². The van der Waals surface area contributed by atoms with Crippen LogP contribution in [0.1, 0.15) is 28.6 Å². The van der Waals surface area contributed by atoms with Crippen LogP contribution in [0.4, 0.5) is 0 Å². The first-order valence-electron chi connectivity index (χ1n) is 9.88. The Morgan fingerprint density at radius 3 is 2.48 bits per heavy atom. The molecule has 1 unspecified atom stereocenters. The third-order valence-electron chi connectivity index (χ3n) is 5.35. The highest BCUT2D eigenvalue weighted by molar-refractivity contribution is 5.85. The Morgan fingerprint density at radius 1 is 1.07 bits per heavy atom. The lowest BCUT2D eigenvalue weighted by Gasteiger charge is -2.35. The average molecular weight is 413 g/mol. The molecule has 4 rings (SSSR count). The monoisotopic (exact) mass is 412 g/mol. The van der Waals surface area contributed by atoms with E-state index in [0.29, 0.717) is 12.6 Å². The molecule has 1 aromatic heterocycles. The summed E-state index contributed by atoms with van der Waals surface area (Å²) in [6.45, 7) is 6.57. The third-order valence-corrected chi connectivity index (χ3v) is 5.35. The van der Waals surface area contributed by atoms with Crippen LogP contribution < -0.4 is 10.1 Å². The van der Waals surface area contributed by atoms with Crippen LogP contribution in [0.2, 0.25) is 0 Å². The molecule has 0 amide bonds. The molecule has 1 fully saturated rings. The largest absolute Gasteiger partial charge is 0.489 e. The summed E-state index contributed by atoms with van der Waals surface area (Å²) in [5.74, 6) is 2.02. The first-order chi connectivity index (χ1) is 13.7. The normalized spacial score (nSPS) is 17.0. The summed E-state index contributed by atoms with van der Waals surface area (Å²) in [4.78, 5) is 7.07. The van der Waals surface area contributed by atoms with Gasteiger partial charge in [-0.15, -0.1) is 12.4 Å². The molecule has 1 saturated heterocycles.